The van der Waals surface area contributed by atoms with Crippen LogP contribution in [-0.2, 0) is 0 Å². The fourth-order valence-electron chi connectivity index (χ4n) is 1.10. The van der Waals surface area contributed by atoms with Crippen LogP contribution in [0.1, 0.15) is 21.5 Å². The van der Waals surface area contributed by atoms with Crippen LogP contribution in [0.25, 0.3) is 0 Å². The third kappa shape index (κ3) is 1.40. The first-order valence-electron chi connectivity index (χ1n) is 3.67. The SMILES string of the molecule is Cc1c(O)[nH]c(=O)c(C(N)=O)c1C. The number of H-pyrrole nitrogens is 1. The Kier molecular flexibility index (Phi) is 2.10. The number of aromatic hydroxyl groups is 1. The highest BCUT2D eigenvalue weighted by molar-refractivity contribution is 5.94. The zero-order chi connectivity index (χ0) is 10.2. The number of pyridine rings is 1. The molecule has 1 rings (SSSR count). The van der Waals surface area contributed by atoms with Crippen molar-refractivity contribution in [3.05, 3.63) is 27.0 Å². The number of aromatic nitrogens is 1. The number of carbonyl (C=O) groups excluding carboxylic acids is 1. The normalized spacial score (nSPS) is 10.0. The average Bonchev–Trinajstić information content (AvgIpc) is 1.99. The lowest BCUT2D eigenvalue weighted by molar-refractivity contribution is 0.0998. The van der Waals surface area contributed by atoms with E-state index in [1.807, 2.05) is 0 Å². The van der Waals surface area contributed by atoms with Gasteiger partial charge in [-0.15, -0.1) is 0 Å². The van der Waals surface area contributed by atoms with Gasteiger partial charge in [-0.05, 0) is 19.4 Å². The number of carbonyl (C=O) groups is 1. The maximum atomic E-state index is 11.1. The molecule has 0 unspecified atom stereocenters. The minimum atomic E-state index is -0.790. The quantitative estimate of drug-likeness (QED) is 0.561. The standard InChI is InChI=1S/C8H10N2O3/c1-3-4(2)7(12)10-8(13)5(3)6(9)11/h1-2H3,(H2,9,11)(H2,10,12,13). The predicted octanol–water partition coefficient (Wildman–Crippen LogP) is -0.204. The molecule has 0 fully saturated rings. The number of hydrogen-bond donors (Lipinski definition) is 3. The third-order valence-corrected chi connectivity index (χ3v) is 2.00. The number of nitrogens with one attached hydrogen (secondary N) is 1. The van der Waals surface area contributed by atoms with Crippen LogP contribution in [0.15, 0.2) is 4.79 Å². The molecular weight excluding hydrogens is 172 g/mol. The van der Waals surface area contributed by atoms with Crippen molar-refractivity contribution >= 4 is 5.91 Å². The summed E-state index contributed by atoms with van der Waals surface area (Å²) in [5, 5.41) is 9.18. The Labute approximate surface area is 74.2 Å². The summed E-state index contributed by atoms with van der Waals surface area (Å²) in [6.45, 7) is 3.15. The van der Waals surface area contributed by atoms with Crippen molar-refractivity contribution in [1.82, 2.24) is 4.98 Å². The largest absolute Gasteiger partial charge is 0.494 e. The van der Waals surface area contributed by atoms with E-state index in [9.17, 15) is 14.7 Å². The Morgan fingerprint density at radius 3 is 2.38 bits per heavy atom. The molecule has 0 bridgehead atoms. The van der Waals surface area contributed by atoms with E-state index in [2.05, 4.69) is 4.98 Å². The van der Waals surface area contributed by atoms with Gasteiger partial charge in [0.15, 0.2) is 5.88 Å². The summed E-state index contributed by atoms with van der Waals surface area (Å²) < 4.78 is 0. The molecule has 0 aromatic carbocycles. The molecule has 0 aliphatic heterocycles. The molecule has 1 aromatic rings. The van der Waals surface area contributed by atoms with Crippen LogP contribution in [0.2, 0.25) is 0 Å². The van der Waals surface area contributed by atoms with Gasteiger partial charge in [0.2, 0.25) is 0 Å². The maximum absolute atomic E-state index is 11.1. The fourth-order valence-corrected chi connectivity index (χ4v) is 1.10. The van der Waals surface area contributed by atoms with Crippen LogP contribution < -0.4 is 11.3 Å². The van der Waals surface area contributed by atoms with Crippen molar-refractivity contribution in [1.29, 1.82) is 0 Å². The van der Waals surface area contributed by atoms with E-state index in [0.717, 1.165) is 0 Å². The number of nitrogens with two attached hydrogens (primary N) is 1. The molecule has 0 saturated carbocycles. The van der Waals surface area contributed by atoms with Crippen LogP contribution in [-0.4, -0.2) is 16.0 Å². The van der Waals surface area contributed by atoms with Crippen LogP contribution in [0, 0.1) is 13.8 Å². The molecule has 0 saturated heterocycles. The maximum Gasteiger partial charge on any atom is 0.263 e. The second-order valence-corrected chi connectivity index (χ2v) is 2.79. The lowest BCUT2D eigenvalue weighted by atomic mass is 10.1. The summed E-state index contributed by atoms with van der Waals surface area (Å²) >= 11 is 0. The van der Waals surface area contributed by atoms with Crippen LogP contribution in [0.4, 0.5) is 0 Å². The summed E-state index contributed by atoms with van der Waals surface area (Å²) in [6.07, 6.45) is 0. The van der Waals surface area contributed by atoms with Gasteiger partial charge < -0.3 is 10.8 Å². The van der Waals surface area contributed by atoms with Gasteiger partial charge in [0, 0.05) is 5.56 Å². The zero-order valence-electron chi connectivity index (χ0n) is 7.34. The first-order valence-corrected chi connectivity index (χ1v) is 3.67. The Morgan fingerprint density at radius 2 is 1.92 bits per heavy atom. The zero-order valence-corrected chi connectivity index (χ0v) is 7.34. The lowest BCUT2D eigenvalue weighted by Gasteiger charge is -2.05. The number of primary amides is 1. The Hall–Kier alpha value is -1.78. The molecule has 1 aromatic heterocycles. The second-order valence-electron chi connectivity index (χ2n) is 2.79. The van der Waals surface area contributed by atoms with Crippen molar-refractivity contribution in [2.45, 2.75) is 13.8 Å². The first-order chi connectivity index (χ1) is 5.95. The van der Waals surface area contributed by atoms with E-state index in [0.29, 0.717) is 11.1 Å². The van der Waals surface area contributed by atoms with E-state index < -0.39 is 11.5 Å². The predicted molar refractivity (Wildman–Crippen MR) is 46.7 cm³/mol. The number of aromatic amines is 1. The monoisotopic (exact) mass is 182 g/mol. The van der Waals surface area contributed by atoms with Crippen molar-refractivity contribution in [3.8, 4) is 5.88 Å². The van der Waals surface area contributed by atoms with Crippen LogP contribution >= 0.6 is 0 Å². The first kappa shape index (κ1) is 9.31. The van der Waals surface area contributed by atoms with E-state index in [-0.39, 0.29) is 11.4 Å². The van der Waals surface area contributed by atoms with E-state index >= 15 is 0 Å². The topological polar surface area (TPSA) is 96.2 Å². The molecule has 0 aliphatic rings. The summed E-state index contributed by atoms with van der Waals surface area (Å²) in [7, 11) is 0. The molecule has 1 heterocycles. The molecule has 0 spiro atoms. The van der Waals surface area contributed by atoms with Gasteiger partial charge in [-0.25, -0.2) is 0 Å². The van der Waals surface area contributed by atoms with Gasteiger partial charge in [-0.1, -0.05) is 0 Å². The number of hydrogen-bond acceptors (Lipinski definition) is 3. The third-order valence-electron chi connectivity index (χ3n) is 2.00. The van der Waals surface area contributed by atoms with Crippen LogP contribution in [0.3, 0.4) is 0 Å². The molecule has 13 heavy (non-hydrogen) atoms. The van der Waals surface area contributed by atoms with Crippen molar-refractivity contribution in [2.75, 3.05) is 0 Å². The highest BCUT2D eigenvalue weighted by atomic mass is 16.3. The highest BCUT2D eigenvalue weighted by Crippen LogP contribution is 2.16. The Morgan fingerprint density at radius 1 is 1.38 bits per heavy atom. The molecule has 0 radical (unpaired) electrons. The summed E-state index contributed by atoms with van der Waals surface area (Å²) in [4.78, 5) is 24.1. The second kappa shape index (κ2) is 2.93. The Balaban J connectivity index is 3.63. The molecular formula is C8H10N2O3. The molecule has 5 heteroatoms. The molecule has 4 N–H and O–H groups in total. The van der Waals surface area contributed by atoms with Gasteiger partial charge in [-0.2, -0.15) is 0 Å². The minimum Gasteiger partial charge on any atom is -0.494 e. The number of rotatable bonds is 1. The summed E-state index contributed by atoms with van der Waals surface area (Å²) in [6, 6.07) is 0. The molecule has 0 aliphatic carbocycles. The van der Waals surface area contributed by atoms with Crippen molar-refractivity contribution < 1.29 is 9.90 Å². The van der Waals surface area contributed by atoms with Crippen molar-refractivity contribution in [2.24, 2.45) is 5.73 Å². The number of amides is 1. The van der Waals surface area contributed by atoms with E-state index in [1.54, 1.807) is 13.8 Å². The lowest BCUT2D eigenvalue weighted by Crippen LogP contribution is -2.25. The summed E-state index contributed by atoms with van der Waals surface area (Å²) in [5.74, 6) is -1.02. The molecule has 70 valence electrons. The van der Waals surface area contributed by atoms with Crippen LogP contribution in [0.5, 0.6) is 5.88 Å². The van der Waals surface area contributed by atoms with E-state index in [1.165, 1.54) is 0 Å². The molecule has 1 amide bonds. The highest BCUT2D eigenvalue weighted by Gasteiger charge is 2.14. The van der Waals surface area contributed by atoms with Gasteiger partial charge in [0.25, 0.3) is 11.5 Å². The molecule has 0 atom stereocenters. The Bertz CT molecular complexity index is 420. The van der Waals surface area contributed by atoms with Gasteiger partial charge in [-0.3, -0.25) is 14.6 Å². The van der Waals surface area contributed by atoms with E-state index in [4.69, 9.17) is 5.73 Å². The van der Waals surface area contributed by atoms with Gasteiger partial charge >= 0.3 is 0 Å². The molecule has 5 nitrogen and oxygen atoms in total. The summed E-state index contributed by atoms with van der Waals surface area (Å²) in [5.41, 5.74) is 5.10. The average molecular weight is 182 g/mol. The minimum absolute atomic E-state index is 0.102. The smallest absolute Gasteiger partial charge is 0.263 e. The van der Waals surface area contributed by atoms with Gasteiger partial charge in [0.05, 0.1) is 0 Å². The van der Waals surface area contributed by atoms with Gasteiger partial charge in [0.1, 0.15) is 5.56 Å². The fraction of sp³-hybridized carbons (Fsp3) is 0.250. The van der Waals surface area contributed by atoms with Crippen molar-refractivity contribution in [3.63, 3.8) is 0 Å².